The van der Waals surface area contributed by atoms with E-state index in [1.807, 2.05) is 0 Å². The molecule has 3 rings (SSSR count). The molecule has 4 heteroatoms. The number of rotatable bonds is 5. The number of halogens is 1. The van der Waals surface area contributed by atoms with Crippen LogP contribution in [0.2, 0.25) is 0 Å². The first-order valence-electron chi connectivity index (χ1n) is 6.92. The second-order valence-electron chi connectivity index (χ2n) is 5.71. The molecule has 0 unspecified atom stereocenters. The molecule has 2 aliphatic carbocycles. The van der Waals surface area contributed by atoms with E-state index in [2.05, 4.69) is 21.2 Å². The van der Waals surface area contributed by atoms with Gasteiger partial charge in [-0.3, -0.25) is 4.79 Å². The van der Waals surface area contributed by atoms with E-state index in [0.717, 1.165) is 22.9 Å². The Morgan fingerprint density at radius 3 is 2.53 bits per heavy atom. The Kier molecular flexibility index (Phi) is 3.52. The standard InChI is InChI=1S/C15H18BrNO2/c16-11-5-6-14(18)12(7-11)15(19)17-8-13(9-1-2-9)10-3-4-10/h5-7,9-10,13,18H,1-4,8H2,(H,17,19). The minimum Gasteiger partial charge on any atom is -0.507 e. The second kappa shape index (κ2) is 5.16. The third-order valence-corrected chi connectivity index (χ3v) is 4.65. The van der Waals surface area contributed by atoms with Gasteiger partial charge in [0.15, 0.2) is 0 Å². The van der Waals surface area contributed by atoms with Gasteiger partial charge in [0.1, 0.15) is 5.75 Å². The minimum atomic E-state index is -0.176. The predicted molar refractivity (Wildman–Crippen MR) is 77.1 cm³/mol. The van der Waals surface area contributed by atoms with Crippen LogP contribution in [0.3, 0.4) is 0 Å². The Hall–Kier alpha value is -1.03. The van der Waals surface area contributed by atoms with Crippen molar-refractivity contribution < 1.29 is 9.90 Å². The lowest BCUT2D eigenvalue weighted by molar-refractivity contribution is 0.0940. The van der Waals surface area contributed by atoms with E-state index < -0.39 is 0 Å². The van der Waals surface area contributed by atoms with Crippen LogP contribution in [0, 0.1) is 17.8 Å². The van der Waals surface area contributed by atoms with E-state index in [-0.39, 0.29) is 11.7 Å². The SMILES string of the molecule is O=C(NCC(C1CC1)C1CC1)c1cc(Br)ccc1O. The van der Waals surface area contributed by atoms with Crippen molar-refractivity contribution in [2.75, 3.05) is 6.54 Å². The highest BCUT2D eigenvalue weighted by Crippen LogP contribution is 2.48. The number of carbonyl (C=O) groups is 1. The molecule has 0 aliphatic heterocycles. The third-order valence-electron chi connectivity index (χ3n) is 4.16. The normalized spacial score (nSPS) is 18.6. The largest absolute Gasteiger partial charge is 0.507 e. The molecular formula is C15H18BrNO2. The molecule has 0 bridgehead atoms. The zero-order valence-corrected chi connectivity index (χ0v) is 12.3. The molecule has 2 aliphatic rings. The molecular weight excluding hydrogens is 306 g/mol. The van der Waals surface area contributed by atoms with Gasteiger partial charge in [0.05, 0.1) is 5.56 Å². The van der Waals surface area contributed by atoms with Crippen molar-refractivity contribution in [2.45, 2.75) is 25.7 Å². The first kappa shape index (κ1) is 13.0. The summed E-state index contributed by atoms with van der Waals surface area (Å²) in [6.07, 6.45) is 5.27. The van der Waals surface area contributed by atoms with Gasteiger partial charge in [-0.2, -0.15) is 0 Å². The summed E-state index contributed by atoms with van der Waals surface area (Å²) in [5.41, 5.74) is 0.347. The molecule has 0 saturated heterocycles. The maximum Gasteiger partial charge on any atom is 0.255 e. The fourth-order valence-corrected chi connectivity index (χ4v) is 3.12. The van der Waals surface area contributed by atoms with Gasteiger partial charge >= 0.3 is 0 Å². The molecule has 1 amide bonds. The van der Waals surface area contributed by atoms with Crippen LogP contribution in [0.4, 0.5) is 0 Å². The van der Waals surface area contributed by atoms with Crippen LogP contribution in [0.5, 0.6) is 5.75 Å². The number of aromatic hydroxyl groups is 1. The molecule has 3 nitrogen and oxygen atoms in total. The van der Waals surface area contributed by atoms with Crippen LogP contribution >= 0.6 is 15.9 Å². The minimum absolute atomic E-state index is 0.0371. The lowest BCUT2D eigenvalue weighted by Crippen LogP contribution is -2.31. The van der Waals surface area contributed by atoms with Crippen LogP contribution in [-0.2, 0) is 0 Å². The van der Waals surface area contributed by atoms with Crippen molar-refractivity contribution in [1.29, 1.82) is 0 Å². The zero-order chi connectivity index (χ0) is 13.4. The number of amides is 1. The summed E-state index contributed by atoms with van der Waals surface area (Å²) in [4.78, 5) is 12.1. The van der Waals surface area contributed by atoms with Crippen molar-refractivity contribution in [1.82, 2.24) is 5.32 Å². The number of carbonyl (C=O) groups excluding carboxylic acids is 1. The predicted octanol–water partition coefficient (Wildman–Crippen LogP) is 3.32. The fraction of sp³-hybridized carbons (Fsp3) is 0.533. The van der Waals surface area contributed by atoms with Crippen LogP contribution in [0.15, 0.2) is 22.7 Å². The number of phenolic OH excluding ortho intramolecular Hbond substituents is 1. The number of benzene rings is 1. The molecule has 2 N–H and O–H groups in total. The average molecular weight is 324 g/mol. The molecule has 19 heavy (non-hydrogen) atoms. The van der Waals surface area contributed by atoms with Gasteiger partial charge in [-0.05, 0) is 61.6 Å². The van der Waals surface area contributed by atoms with Gasteiger partial charge < -0.3 is 10.4 Å². The summed E-state index contributed by atoms with van der Waals surface area (Å²) < 4.78 is 0.802. The number of hydrogen-bond acceptors (Lipinski definition) is 2. The van der Waals surface area contributed by atoms with Gasteiger partial charge in [0.2, 0.25) is 0 Å². The molecule has 102 valence electrons. The highest BCUT2D eigenvalue weighted by molar-refractivity contribution is 9.10. The van der Waals surface area contributed by atoms with Crippen molar-refractivity contribution in [3.8, 4) is 5.75 Å². The van der Waals surface area contributed by atoms with Gasteiger partial charge in [-0.15, -0.1) is 0 Å². The first-order chi connectivity index (χ1) is 9.15. The number of phenols is 1. The van der Waals surface area contributed by atoms with E-state index in [9.17, 15) is 9.90 Å². The monoisotopic (exact) mass is 323 g/mol. The lowest BCUT2D eigenvalue weighted by Gasteiger charge is -2.16. The molecule has 0 radical (unpaired) electrons. The summed E-state index contributed by atoms with van der Waals surface area (Å²) in [5.74, 6) is 2.16. The Balaban J connectivity index is 1.62. The summed E-state index contributed by atoms with van der Waals surface area (Å²) >= 11 is 3.32. The highest BCUT2D eigenvalue weighted by atomic mass is 79.9. The van der Waals surface area contributed by atoms with E-state index >= 15 is 0 Å². The molecule has 0 aromatic heterocycles. The molecule has 0 atom stereocenters. The van der Waals surface area contributed by atoms with Crippen molar-refractivity contribution in [3.63, 3.8) is 0 Å². The Morgan fingerprint density at radius 2 is 1.95 bits per heavy atom. The van der Waals surface area contributed by atoms with E-state index in [1.165, 1.54) is 31.7 Å². The molecule has 2 fully saturated rings. The topological polar surface area (TPSA) is 49.3 Å². The van der Waals surface area contributed by atoms with E-state index in [1.54, 1.807) is 12.1 Å². The third kappa shape index (κ3) is 3.11. The molecule has 0 heterocycles. The van der Waals surface area contributed by atoms with Crippen molar-refractivity contribution in [3.05, 3.63) is 28.2 Å². The van der Waals surface area contributed by atoms with E-state index in [0.29, 0.717) is 11.5 Å². The Bertz CT molecular complexity index is 483. The lowest BCUT2D eigenvalue weighted by atomic mass is 9.98. The number of nitrogens with one attached hydrogen (secondary N) is 1. The molecule has 2 saturated carbocycles. The summed E-state index contributed by atoms with van der Waals surface area (Å²) in [6, 6.07) is 4.93. The van der Waals surface area contributed by atoms with Gasteiger partial charge in [0, 0.05) is 11.0 Å². The fourth-order valence-electron chi connectivity index (χ4n) is 2.76. The smallest absolute Gasteiger partial charge is 0.255 e. The van der Waals surface area contributed by atoms with Crippen LogP contribution < -0.4 is 5.32 Å². The Labute approximate surface area is 121 Å². The molecule has 1 aromatic rings. The van der Waals surface area contributed by atoms with Crippen LogP contribution in [0.1, 0.15) is 36.0 Å². The first-order valence-corrected chi connectivity index (χ1v) is 7.71. The zero-order valence-electron chi connectivity index (χ0n) is 10.7. The maximum atomic E-state index is 12.1. The molecule has 0 spiro atoms. The van der Waals surface area contributed by atoms with Gasteiger partial charge in [-0.25, -0.2) is 0 Å². The number of hydrogen-bond donors (Lipinski definition) is 2. The van der Waals surface area contributed by atoms with Gasteiger partial charge in [-0.1, -0.05) is 15.9 Å². The second-order valence-corrected chi connectivity index (χ2v) is 6.63. The summed E-state index contributed by atoms with van der Waals surface area (Å²) in [5, 5.41) is 12.7. The maximum absolute atomic E-state index is 12.1. The quantitative estimate of drug-likeness (QED) is 0.873. The van der Waals surface area contributed by atoms with Crippen molar-refractivity contribution in [2.24, 2.45) is 17.8 Å². The van der Waals surface area contributed by atoms with Crippen LogP contribution in [0.25, 0.3) is 0 Å². The van der Waals surface area contributed by atoms with Crippen LogP contribution in [-0.4, -0.2) is 17.6 Å². The van der Waals surface area contributed by atoms with Crippen molar-refractivity contribution >= 4 is 21.8 Å². The van der Waals surface area contributed by atoms with Gasteiger partial charge in [0.25, 0.3) is 5.91 Å². The molecule has 1 aromatic carbocycles. The summed E-state index contributed by atoms with van der Waals surface area (Å²) in [7, 11) is 0. The summed E-state index contributed by atoms with van der Waals surface area (Å²) in [6.45, 7) is 0.750. The Morgan fingerprint density at radius 1 is 1.32 bits per heavy atom. The highest BCUT2D eigenvalue weighted by Gasteiger charge is 2.41. The van der Waals surface area contributed by atoms with E-state index in [4.69, 9.17) is 0 Å². The average Bonchev–Trinajstić information content (AvgIpc) is 3.25.